The highest BCUT2D eigenvalue weighted by Crippen LogP contribution is 2.17. The lowest BCUT2D eigenvalue weighted by Crippen LogP contribution is -2.30. The lowest BCUT2D eigenvalue weighted by molar-refractivity contribution is 0.201. The summed E-state index contributed by atoms with van der Waals surface area (Å²) in [6, 6.07) is 12.5. The third-order valence-electron chi connectivity index (χ3n) is 3.31. The maximum atomic E-state index is 6.03. The Kier molecular flexibility index (Phi) is 5.15. The number of aromatic nitrogens is 1. The van der Waals surface area contributed by atoms with Crippen LogP contribution in [0.1, 0.15) is 25.1 Å². The molecule has 4 heteroatoms. The minimum absolute atomic E-state index is 0.431. The molecule has 0 aliphatic heterocycles. The number of pyridine rings is 1. The van der Waals surface area contributed by atoms with E-state index in [1.54, 1.807) is 0 Å². The Balaban J connectivity index is 2.11. The molecule has 0 bridgehead atoms. The number of rotatable bonds is 5. The number of halogens is 1. The van der Waals surface area contributed by atoms with Gasteiger partial charge in [-0.1, -0.05) is 18.2 Å². The Morgan fingerprint density at radius 2 is 1.90 bits per heavy atom. The van der Waals surface area contributed by atoms with Crippen molar-refractivity contribution in [1.82, 2.24) is 9.88 Å². The second kappa shape index (κ2) is 6.86. The van der Waals surface area contributed by atoms with Crippen molar-refractivity contribution in [2.75, 3.05) is 5.73 Å². The van der Waals surface area contributed by atoms with Crippen molar-refractivity contribution in [2.24, 2.45) is 0 Å². The molecule has 0 amide bonds. The summed E-state index contributed by atoms with van der Waals surface area (Å²) >= 11 is 3.41. The van der Waals surface area contributed by atoms with Crippen molar-refractivity contribution in [3.8, 4) is 0 Å². The van der Waals surface area contributed by atoms with Crippen LogP contribution in [0.15, 0.2) is 47.1 Å². The zero-order valence-corrected chi connectivity index (χ0v) is 13.5. The van der Waals surface area contributed by atoms with E-state index in [0.29, 0.717) is 6.04 Å². The van der Waals surface area contributed by atoms with Gasteiger partial charge in [0.15, 0.2) is 0 Å². The highest BCUT2D eigenvalue weighted by atomic mass is 79.9. The van der Waals surface area contributed by atoms with E-state index in [1.807, 2.05) is 36.5 Å². The first-order valence-corrected chi connectivity index (χ1v) is 7.53. The molecule has 1 aromatic heterocycles. The van der Waals surface area contributed by atoms with E-state index in [4.69, 9.17) is 5.73 Å². The monoisotopic (exact) mass is 333 g/mol. The van der Waals surface area contributed by atoms with Crippen LogP contribution < -0.4 is 5.73 Å². The van der Waals surface area contributed by atoms with E-state index in [0.717, 1.165) is 28.9 Å². The lowest BCUT2D eigenvalue weighted by atomic mass is 10.1. The Morgan fingerprint density at radius 3 is 2.50 bits per heavy atom. The molecule has 0 aliphatic carbocycles. The topological polar surface area (TPSA) is 42.2 Å². The molecule has 0 radical (unpaired) electrons. The average molecular weight is 334 g/mol. The van der Waals surface area contributed by atoms with E-state index < -0.39 is 0 Å². The van der Waals surface area contributed by atoms with Crippen molar-refractivity contribution in [1.29, 1.82) is 0 Å². The predicted molar refractivity (Wildman–Crippen MR) is 87.2 cm³/mol. The summed E-state index contributed by atoms with van der Waals surface area (Å²) in [6.45, 7) is 6.04. The molecule has 2 aromatic rings. The van der Waals surface area contributed by atoms with E-state index in [9.17, 15) is 0 Å². The van der Waals surface area contributed by atoms with Gasteiger partial charge >= 0.3 is 0 Å². The van der Waals surface area contributed by atoms with Gasteiger partial charge in [0.05, 0.1) is 5.69 Å². The molecule has 106 valence electrons. The van der Waals surface area contributed by atoms with Crippen LogP contribution in [0, 0.1) is 0 Å². The van der Waals surface area contributed by atoms with E-state index in [2.05, 4.69) is 45.7 Å². The van der Waals surface area contributed by atoms with Crippen LogP contribution in [0.4, 0.5) is 5.69 Å². The summed E-state index contributed by atoms with van der Waals surface area (Å²) in [6.07, 6.45) is 1.84. The van der Waals surface area contributed by atoms with E-state index in [1.165, 1.54) is 5.56 Å². The van der Waals surface area contributed by atoms with Gasteiger partial charge in [-0.2, -0.15) is 0 Å². The predicted octanol–water partition coefficient (Wildman–Crippen LogP) is 3.84. The van der Waals surface area contributed by atoms with Gasteiger partial charge in [-0.15, -0.1) is 0 Å². The molecule has 0 aliphatic rings. The normalized spacial score (nSPS) is 11.2. The maximum Gasteiger partial charge on any atom is 0.0545 e. The van der Waals surface area contributed by atoms with Crippen molar-refractivity contribution in [3.05, 3.63) is 58.3 Å². The van der Waals surface area contributed by atoms with Gasteiger partial charge < -0.3 is 5.73 Å². The lowest BCUT2D eigenvalue weighted by Gasteiger charge is -2.26. The summed E-state index contributed by atoms with van der Waals surface area (Å²) in [5.41, 5.74) is 9.11. The van der Waals surface area contributed by atoms with Crippen LogP contribution in [0.3, 0.4) is 0 Å². The number of para-hydroxylation sites is 1. The van der Waals surface area contributed by atoms with Crippen LogP contribution in [0.2, 0.25) is 0 Å². The summed E-state index contributed by atoms with van der Waals surface area (Å²) in [5.74, 6) is 0. The standard InChI is InChI=1S/C16H20BrN3/c1-12(2)20(10-13-5-3-4-6-16(13)18)11-15-8-7-14(17)9-19-15/h3-9,12H,10-11,18H2,1-2H3. The van der Waals surface area contributed by atoms with Gasteiger partial charge in [-0.25, -0.2) is 0 Å². The quantitative estimate of drug-likeness (QED) is 0.845. The fourth-order valence-electron chi connectivity index (χ4n) is 2.03. The molecule has 0 fully saturated rings. The Morgan fingerprint density at radius 1 is 1.15 bits per heavy atom. The molecule has 20 heavy (non-hydrogen) atoms. The number of hydrogen-bond donors (Lipinski definition) is 1. The minimum atomic E-state index is 0.431. The van der Waals surface area contributed by atoms with Crippen molar-refractivity contribution in [3.63, 3.8) is 0 Å². The second-order valence-electron chi connectivity index (χ2n) is 5.17. The van der Waals surface area contributed by atoms with Gasteiger partial charge in [0.25, 0.3) is 0 Å². The number of hydrogen-bond acceptors (Lipinski definition) is 3. The van der Waals surface area contributed by atoms with E-state index in [-0.39, 0.29) is 0 Å². The molecule has 1 aromatic carbocycles. The van der Waals surface area contributed by atoms with Gasteiger partial charge in [-0.05, 0) is 53.5 Å². The third-order valence-corrected chi connectivity index (χ3v) is 3.78. The van der Waals surface area contributed by atoms with Gasteiger partial charge in [0, 0.05) is 35.5 Å². The summed E-state index contributed by atoms with van der Waals surface area (Å²) in [5, 5.41) is 0. The number of anilines is 1. The molecule has 1 heterocycles. The van der Waals surface area contributed by atoms with Crippen LogP contribution in [0.25, 0.3) is 0 Å². The molecular formula is C16H20BrN3. The molecule has 0 atom stereocenters. The van der Waals surface area contributed by atoms with Gasteiger partial charge in [-0.3, -0.25) is 9.88 Å². The van der Waals surface area contributed by atoms with E-state index >= 15 is 0 Å². The van der Waals surface area contributed by atoms with Crippen molar-refractivity contribution >= 4 is 21.6 Å². The smallest absolute Gasteiger partial charge is 0.0545 e. The number of nitrogen functional groups attached to an aromatic ring is 1. The fraction of sp³-hybridized carbons (Fsp3) is 0.312. The molecule has 0 saturated heterocycles. The molecule has 0 spiro atoms. The molecule has 2 rings (SSSR count). The van der Waals surface area contributed by atoms with Crippen molar-refractivity contribution in [2.45, 2.75) is 33.0 Å². The first kappa shape index (κ1) is 15.0. The SMILES string of the molecule is CC(C)N(Cc1ccc(Br)cn1)Cc1ccccc1N. The maximum absolute atomic E-state index is 6.03. The molecule has 3 nitrogen and oxygen atoms in total. The molecular weight excluding hydrogens is 314 g/mol. The Labute approximate surface area is 129 Å². The Bertz CT molecular complexity index is 552. The van der Waals surface area contributed by atoms with Gasteiger partial charge in [0.2, 0.25) is 0 Å². The van der Waals surface area contributed by atoms with Gasteiger partial charge in [0.1, 0.15) is 0 Å². The van der Waals surface area contributed by atoms with Crippen LogP contribution in [0.5, 0.6) is 0 Å². The molecule has 0 saturated carbocycles. The summed E-state index contributed by atoms with van der Waals surface area (Å²) in [7, 11) is 0. The fourth-order valence-corrected chi connectivity index (χ4v) is 2.26. The van der Waals surface area contributed by atoms with Crippen LogP contribution in [-0.2, 0) is 13.1 Å². The zero-order chi connectivity index (χ0) is 14.5. The second-order valence-corrected chi connectivity index (χ2v) is 6.08. The van der Waals surface area contributed by atoms with Crippen LogP contribution in [-0.4, -0.2) is 15.9 Å². The molecule has 2 N–H and O–H groups in total. The Hall–Kier alpha value is -1.39. The first-order chi connectivity index (χ1) is 9.56. The highest BCUT2D eigenvalue weighted by molar-refractivity contribution is 9.10. The number of nitrogens with zero attached hydrogens (tertiary/aromatic N) is 2. The first-order valence-electron chi connectivity index (χ1n) is 6.74. The number of nitrogens with two attached hydrogens (primary N) is 1. The molecule has 0 unspecified atom stereocenters. The third kappa shape index (κ3) is 4.05. The minimum Gasteiger partial charge on any atom is -0.398 e. The summed E-state index contributed by atoms with van der Waals surface area (Å²) in [4.78, 5) is 6.81. The number of benzene rings is 1. The average Bonchev–Trinajstić information content (AvgIpc) is 2.42. The summed E-state index contributed by atoms with van der Waals surface area (Å²) < 4.78 is 1.00. The highest BCUT2D eigenvalue weighted by Gasteiger charge is 2.12. The zero-order valence-electron chi connectivity index (χ0n) is 11.9. The van der Waals surface area contributed by atoms with Crippen molar-refractivity contribution < 1.29 is 0 Å². The largest absolute Gasteiger partial charge is 0.398 e. The van der Waals surface area contributed by atoms with Crippen LogP contribution >= 0.6 is 15.9 Å².